The van der Waals surface area contributed by atoms with Crippen molar-refractivity contribution in [2.45, 2.75) is 33.3 Å². The molecule has 2 aromatic carbocycles. The maximum absolute atomic E-state index is 13.7. The minimum Gasteiger partial charge on any atom is -0.434 e. The summed E-state index contributed by atoms with van der Waals surface area (Å²) in [6.45, 7) is 1.78. The summed E-state index contributed by atoms with van der Waals surface area (Å²) in [6.07, 6.45) is 3.17. The van der Waals surface area contributed by atoms with Gasteiger partial charge in [-0.2, -0.15) is 14.0 Å². The van der Waals surface area contributed by atoms with E-state index in [9.17, 15) is 23.6 Å². The second kappa shape index (κ2) is 10.2. The summed E-state index contributed by atoms with van der Waals surface area (Å²) in [4.78, 5) is 28.5. The molecule has 0 saturated carbocycles. The van der Waals surface area contributed by atoms with E-state index in [-0.39, 0.29) is 26.1 Å². The maximum Gasteiger partial charge on any atom is 0.387 e. The monoisotopic (exact) mass is 495 g/mol. The van der Waals surface area contributed by atoms with Crippen molar-refractivity contribution in [1.29, 1.82) is 5.26 Å². The predicted molar refractivity (Wildman–Crippen MR) is 130 cm³/mol. The first-order valence-corrected chi connectivity index (χ1v) is 11.9. The Kier molecular flexibility index (Phi) is 7.12. The first-order valence-electron chi connectivity index (χ1n) is 11.1. The van der Waals surface area contributed by atoms with E-state index in [0.29, 0.717) is 18.8 Å². The van der Waals surface area contributed by atoms with Crippen molar-refractivity contribution in [2.24, 2.45) is 0 Å². The zero-order valence-corrected chi connectivity index (χ0v) is 20.1. The van der Waals surface area contributed by atoms with E-state index >= 15 is 0 Å². The molecule has 0 unspecified atom stereocenters. The summed E-state index contributed by atoms with van der Waals surface area (Å²) in [5.41, 5.74) is 1.90. The Bertz CT molecular complexity index is 1470. The molecule has 0 bridgehead atoms. The van der Waals surface area contributed by atoms with E-state index in [1.807, 2.05) is 38.1 Å². The molecular formula is C26H23F2N3O3S. The van der Waals surface area contributed by atoms with Crippen LogP contribution in [0.5, 0.6) is 5.75 Å². The standard InChI is InChI=1S/C26H23F2N3O3S/c1-16-8-7-9-17(2)22(16)31-24(33)21(14-18-10-3-4-11-20(18)34-26(27)28)35-25(31)19(15-29)23(32)30-12-5-6-13-30/h3-4,7-11,14,26H,5-6,12-13H2,1-2H3/b21-14-,25-19-. The molecule has 0 radical (unpaired) electrons. The molecule has 180 valence electrons. The molecule has 1 aliphatic heterocycles. The van der Waals surface area contributed by atoms with Gasteiger partial charge in [0.15, 0.2) is 5.57 Å². The number of nitrogens with zero attached hydrogens (tertiary/aromatic N) is 3. The summed E-state index contributed by atoms with van der Waals surface area (Å²) in [7, 11) is 0. The number of alkyl halides is 2. The van der Waals surface area contributed by atoms with Crippen LogP contribution in [-0.4, -0.2) is 35.1 Å². The Labute approximate surface area is 204 Å². The number of carbonyl (C=O) groups excluding carboxylic acids is 1. The van der Waals surface area contributed by atoms with Gasteiger partial charge in [-0.05, 0) is 50.0 Å². The number of hydrogen-bond donors (Lipinski definition) is 0. The number of hydrogen-bond acceptors (Lipinski definition) is 5. The first-order chi connectivity index (χ1) is 16.8. The molecular weight excluding hydrogens is 472 g/mol. The van der Waals surface area contributed by atoms with Gasteiger partial charge in [-0.1, -0.05) is 36.4 Å². The lowest BCUT2D eigenvalue weighted by Crippen LogP contribution is -2.35. The SMILES string of the molecule is Cc1cccc(C)c1-n1c(=O)/c(=C/c2ccccc2OC(F)F)s/c1=C(/C#N)C(=O)N1CCCC1. The van der Waals surface area contributed by atoms with Gasteiger partial charge in [-0.15, -0.1) is 11.3 Å². The fourth-order valence-corrected chi connectivity index (χ4v) is 5.29. The van der Waals surface area contributed by atoms with Crippen molar-refractivity contribution >= 4 is 28.9 Å². The second-order valence-electron chi connectivity index (χ2n) is 8.20. The lowest BCUT2D eigenvalue weighted by molar-refractivity contribution is -0.123. The molecule has 1 saturated heterocycles. The van der Waals surface area contributed by atoms with Crippen molar-refractivity contribution in [2.75, 3.05) is 13.1 Å². The third kappa shape index (κ3) is 4.88. The molecule has 0 N–H and O–H groups in total. The Morgan fingerprint density at radius 1 is 1.11 bits per heavy atom. The van der Waals surface area contributed by atoms with Crippen molar-refractivity contribution in [3.05, 3.63) is 78.7 Å². The van der Waals surface area contributed by atoms with E-state index in [0.717, 1.165) is 35.3 Å². The molecule has 9 heteroatoms. The number of benzene rings is 2. The van der Waals surface area contributed by atoms with Gasteiger partial charge in [-0.25, -0.2) is 0 Å². The highest BCUT2D eigenvalue weighted by Crippen LogP contribution is 2.21. The number of para-hydroxylation sites is 2. The van der Waals surface area contributed by atoms with Crippen LogP contribution in [0.15, 0.2) is 47.3 Å². The number of aromatic nitrogens is 1. The molecule has 4 rings (SSSR count). The number of amides is 1. The fourth-order valence-electron chi connectivity index (χ4n) is 4.22. The van der Waals surface area contributed by atoms with E-state index in [2.05, 4.69) is 4.74 Å². The number of halogens is 2. The molecule has 1 aliphatic rings. The Morgan fingerprint density at radius 2 is 1.77 bits per heavy atom. The highest BCUT2D eigenvalue weighted by atomic mass is 32.1. The average Bonchev–Trinajstić information content (AvgIpc) is 3.45. The maximum atomic E-state index is 13.7. The number of likely N-dealkylation sites (tertiary alicyclic amines) is 1. The average molecular weight is 496 g/mol. The van der Waals surface area contributed by atoms with Gasteiger partial charge in [0, 0.05) is 18.7 Å². The van der Waals surface area contributed by atoms with E-state index < -0.39 is 18.1 Å². The Hall–Kier alpha value is -3.77. The van der Waals surface area contributed by atoms with Crippen LogP contribution in [0.3, 0.4) is 0 Å². The van der Waals surface area contributed by atoms with Crippen molar-refractivity contribution < 1.29 is 18.3 Å². The number of nitriles is 1. The van der Waals surface area contributed by atoms with Crippen molar-refractivity contribution in [3.63, 3.8) is 0 Å². The highest BCUT2D eigenvalue weighted by molar-refractivity contribution is 7.07. The summed E-state index contributed by atoms with van der Waals surface area (Å²) in [6, 6.07) is 13.7. The molecule has 1 amide bonds. The largest absolute Gasteiger partial charge is 0.434 e. The van der Waals surface area contributed by atoms with E-state index in [1.54, 1.807) is 23.1 Å². The van der Waals surface area contributed by atoms with Crippen LogP contribution in [0.25, 0.3) is 17.3 Å². The lowest BCUT2D eigenvalue weighted by Gasteiger charge is -2.15. The normalized spacial score (nSPS) is 14.9. The van der Waals surface area contributed by atoms with Gasteiger partial charge in [0.05, 0.1) is 10.2 Å². The Morgan fingerprint density at radius 3 is 2.40 bits per heavy atom. The zero-order chi connectivity index (χ0) is 25.1. The molecule has 6 nitrogen and oxygen atoms in total. The first kappa shape index (κ1) is 24.4. The number of aryl methyl sites for hydroxylation is 2. The van der Waals surface area contributed by atoms with Gasteiger partial charge >= 0.3 is 6.61 Å². The molecule has 35 heavy (non-hydrogen) atoms. The van der Waals surface area contributed by atoms with Crippen LogP contribution >= 0.6 is 11.3 Å². The van der Waals surface area contributed by atoms with E-state index in [4.69, 9.17) is 0 Å². The van der Waals surface area contributed by atoms with Crippen LogP contribution in [0.1, 0.15) is 29.5 Å². The topological polar surface area (TPSA) is 75.3 Å². The molecule has 0 spiro atoms. The molecule has 3 aromatic rings. The molecule has 0 aliphatic carbocycles. The van der Waals surface area contributed by atoms with Crippen LogP contribution in [0.2, 0.25) is 0 Å². The minimum atomic E-state index is -3.02. The summed E-state index contributed by atoms with van der Waals surface area (Å²) in [5.74, 6) is -0.493. The number of ether oxygens (including phenoxy) is 1. The molecule has 1 fully saturated rings. The van der Waals surface area contributed by atoms with Crippen molar-refractivity contribution in [3.8, 4) is 17.5 Å². The number of rotatable bonds is 5. The molecule has 2 heterocycles. The van der Waals surface area contributed by atoms with Crippen LogP contribution in [0, 0.1) is 25.2 Å². The van der Waals surface area contributed by atoms with Crippen LogP contribution in [0.4, 0.5) is 8.78 Å². The molecule has 1 aromatic heterocycles. The smallest absolute Gasteiger partial charge is 0.387 e. The van der Waals surface area contributed by atoms with Gasteiger partial charge in [0.2, 0.25) is 0 Å². The molecule has 0 atom stereocenters. The summed E-state index contributed by atoms with van der Waals surface area (Å²) >= 11 is 0.985. The third-order valence-electron chi connectivity index (χ3n) is 5.84. The van der Waals surface area contributed by atoms with E-state index in [1.165, 1.54) is 16.7 Å². The van der Waals surface area contributed by atoms with Crippen molar-refractivity contribution in [1.82, 2.24) is 9.47 Å². The number of thiazole rings is 1. The Balaban J connectivity index is 2.06. The van der Waals surface area contributed by atoms with Gasteiger partial charge in [0.1, 0.15) is 16.5 Å². The second-order valence-corrected chi connectivity index (χ2v) is 9.23. The van der Waals surface area contributed by atoms with Gasteiger partial charge < -0.3 is 9.64 Å². The summed E-state index contributed by atoms with van der Waals surface area (Å²) in [5, 5.41) is 10.00. The van der Waals surface area contributed by atoms with Crippen LogP contribution in [-0.2, 0) is 4.79 Å². The lowest BCUT2D eigenvalue weighted by atomic mass is 10.1. The summed E-state index contributed by atoms with van der Waals surface area (Å²) < 4.78 is 32.2. The quantitative estimate of drug-likeness (QED) is 0.545. The third-order valence-corrected chi connectivity index (χ3v) is 6.93. The highest BCUT2D eigenvalue weighted by Gasteiger charge is 2.25. The van der Waals surface area contributed by atoms with Gasteiger partial charge in [0.25, 0.3) is 11.5 Å². The minimum absolute atomic E-state index is 0.0758. The van der Waals surface area contributed by atoms with Crippen LogP contribution < -0.4 is 19.5 Å². The zero-order valence-electron chi connectivity index (χ0n) is 19.3. The van der Waals surface area contributed by atoms with Gasteiger partial charge in [-0.3, -0.25) is 14.2 Å². The fraction of sp³-hybridized carbons (Fsp3) is 0.269. The number of carbonyl (C=O) groups is 1. The predicted octanol–water partition coefficient (Wildman–Crippen LogP) is 3.24.